The molecule has 1 atom stereocenters. The third kappa shape index (κ3) is 13.8. The first-order chi connectivity index (χ1) is 15.9. The molecule has 0 radical (unpaired) electrons. The molecule has 7 nitrogen and oxygen atoms in total. The minimum absolute atomic E-state index is 0.164. The molecular formula is C26H37NO6. The molecule has 1 aromatic carbocycles. The number of hydrogen-bond acceptors (Lipinski definition) is 5. The molecule has 0 saturated heterocycles. The number of esters is 1. The van der Waals surface area contributed by atoms with Crippen molar-refractivity contribution in [2.75, 3.05) is 11.9 Å². The maximum absolute atomic E-state index is 12.0. The minimum Gasteiger partial charge on any atom is -0.481 e. The van der Waals surface area contributed by atoms with Crippen molar-refractivity contribution in [1.82, 2.24) is 0 Å². The second-order valence-corrected chi connectivity index (χ2v) is 7.94. The zero-order chi connectivity index (χ0) is 24.3. The van der Waals surface area contributed by atoms with E-state index in [1.54, 1.807) is 12.1 Å². The lowest BCUT2D eigenvalue weighted by Gasteiger charge is -2.12. The number of carbonyl (C=O) groups excluding carboxylic acids is 1. The smallest absolute Gasteiger partial charge is 0.345 e. The highest BCUT2D eigenvalue weighted by Crippen LogP contribution is 2.13. The van der Waals surface area contributed by atoms with E-state index in [0.29, 0.717) is 0 Å². The van der Waals surface area contributed by atoms with Crippen LogP contribution in [0.1, 0.15) is 81.0 Å². The first-order valence-corrected chi connectivity index (χ1v) is 11.7. The van der Waals surface area contributed by atoms with Gasteiger partial charge in [-0.15, -0.1) is 6.58 Å². The fraction of sp³-hybridized carbons (Fsp3) is 0.500. The summed E-state index contributed by atoms with van der Waals surface area (Å²) in [5, 5.41) is 20.9. The van der Waals surface area contributed by atoms with E-state index in [-0.39, 0.29) is 5.56 Å². The van der Waals surface area contributed by atoms with Crippen LogP contribution in [0, 0.1) is 0 Å². The zero-order valence-corrected chi connectivity index (χ0v) is 19.3. The molecule has 0 heterocycles. The Morgan fingerprint density at radius 2 is 1.45 bits per heavy atom. The third-order valence-electron chi connectivity index (χ3n) is 5.08. The van der Waals surface area contributed by atoms with E-state index in [1.807, 2.05) is 6.08 Å². The molecule has 0 fully saturated rings. The molecule has 1 unspecified atom stereocenters. The molecule has 0 amide bonds. The number of allylic oxidation sites excluding steroid dienone is 3. The highest BCUT2D eigenvalue weighted by atomic mass is 16.6. The molecule has 0 aliphatic carbocycles. The summed E-state index contributed by atoms with van der Waals surface area (Å²) in [5.41, 5.74) is 1.00. The molecule has 0 aliphatic rings. The number of unbranched alkanes of at least 4 members (excludes halogenated alkanes) is 8. The number of aliphatic carboxylic acids is 2. The Labute approximate surface area is 196 Å². The highest BCUT2D eigenvalue weighted by Gasteiger charge is 2.25. The van der Waals surface area contributed by atoms with Crippen molar-refractivity contribution in [3.8, 4) is 0 Å². The van der Waals surface area contributed by atoms with Crippen molar-refractivity contribution >= 4 is 23.6 Å². The fourth-order valence-electron chi connectivity index (χ4n) is 3.21. The van der Waals surface area contributed by atoms with Crippen LogP contribution in [0.3, 0.4) is 0 Å². The van der Waals surface area contributed by atoms with Crippen molar-refractivity contribution in [3.05, 3.63) is 54.6 Å². The maximum atomic E-state index is 12.0. The molecular weight excluding hydrogens is 422 g/mol. The summed E-state index contributed by atoms with van der Waals surface area (Å²) >= 11 is 0. The Bertz CT molecular complexity index is 757. The van der Waals surface area contributed by atoms with Gasteiger partial charge in [-0.1, -0.05) is 43.9 Å². The summed E-state index contributed by atoms with van der Waals surface area (Å²) in [6, 6.07) is 6.45. The van der Waals surface area contributed by atoms with Gasteiger partial charge in [0.2, 0.25) is 6.10 Å². The second kappa shape index (κ2) is 17.5. The Morgan fingerprint density at radius 1 is 0.879 bits per heavy atom. The van der Waals surface area contributed by atoms with Gasteiger partial charge in [-0.3, -0.25) is 4.79 Å². The SMILES string of the molecule is C=CCCCCCCCC/C=C/CCCNc1ccc(C(=O)OC(CC(=O)O)C(=O)O)cc1. The fourth-order valence-corrected chi connectivity index (χ4v) is 3.21. The van der Waals surface area contributed by atoms with Gasteiger partial charge in [-0.05, 0) is 62.8 Å². The molecule has 3 N–H and O–H groups in total. The van der Waals surface area contributed by atoms with Crippen LogP contribution in [0.25, 0.3) is 0 Å². The third-order valence-corrected chi connectivity index (χ3v) is 5.08. The Morgan fingerprint density at radius 3 is 2.03 bits per heavy atom. The number of ether oxygens (including phenoxy) is 1. The van der Waals surface area contributed by atoms with Gasteiger partial charge in [-0.2, -0.15) is 0 Å². The predicted molar refractivity (Wildman–Crippen MR) is 130 cm³/mol. The summed E-state index contributed by atoms with van der Waals surface area (Å²) in [6.07, 6.45) is 15.9. The van der Waals surface area contributed by atoms with Crippen LogP contribution < -0.4 is 5.32 Å². The molecule has 1 aromatic rings. The number of benzene rings is 1. The first-order valence-electron chi connectivity index (χ1n) is 11.7. The number of nitrogens with one attached hydrogen (secondary N) is 1. The van der Waals surface area contributed by atoms with Crippen LogP contribution in [-0.2, 0) is 14.3 Å². The molecule has 0 bridgehead atoms. The molecule has 0 saturated carbocycles. The number of hydrogen-bond donors (Lipinski definition) is 3. The van der Waals surface area contributed by atoms with Crippen LogP contribution in [0.4, 0.5) is 5.69 Å². The van der Waals surface area contributed by atoms with Gasteiger partial charge in [0.15, 0.2) is 0 Å². The van der Waals surface area contributed by atoms with Crippen molar-refractivity contribution in [2.45, 2.75) is 76.7 Å². The van der Waals surface area contributed by atoms with Gasteiger partial charge < -0.3 is 20.3 Å². The van der Waals surface area contributed by atoms with E-state index in [0.717, 1.165) is 37.9 Å². The van der Waals surface area contributed by atoms with Crippen molar-refractivity contribution < 1.29 is 29.3 Å². The molecule has 0 spiro atoms. The Balaban J connectivity index is 2.17. The summed E-state index contributed by atoms with van der Waals surface area (Å²) in [6.45, 7) is 4.53. The lowest BCUT2D eigenvalue weighted by atomic mass is 10.1. The molecule has 182 valence electrons. The van der Waals surface area contributed by atoms with E-state index in [1.165, 1.54) is 50.7 Å². The van der Waals surface area contributed by atoms with Crippen LogP contribution in [-0.4, -0.2) is 40.8 Å². The number of carbonyl (C=O) groups is 3. The van der Waals surface area contributed by atoms with Gasteiger partial charge in [0, 0.05) is 12.2 Å². The van der Waals surface area contributed by atoms with Gasteiger partial charge in [-0.25, -0.2) is 9.59 Å². The lowest BCUT2D eigenvalue weighted by molar-refractivity contribution is -0.153. The minimum atomic E-state index is -1.71. The summed E-state index contributed by atoms with van der Waals surface area (Å²) < 4.78 is 4.78. The average molecular weight is 460 g/mol. The van der Waals surface area contributed by atoms with Crippen LogP contribution >= 0.6 is 0 Å². The summed E-state index contributed by atoms with van der Waals surface area (Å²) in [7, 11) is 0. The first kappa shape index (κ1) is 27.9. The topological polar surface area (TPSA) is 113 Å². The van der Waals surface area contributed by atoms with Gasteiger partial charge >= 0.3 is 17.9 Å². The van der Waals surface area contributed by atoms with Gasteiger partial charge in [0.05, 0.1) is 12.0 Å². The van der Waals surface area contributed by atoms with Crippen molar-refractivity contribution in [3.63, 3.8) is 0 Å². The molecule has 0 aliphatic heterocycles. The molecule has 1 rings (SSSR count). The van der Waals surface area contributed by atoms with Crippen LogP contribution in [0.5, 0.6) is 0 Å². The molecule has 33 heavy (non-hydrogen) atoms. The quantitative estimate of drug-likeness (QED) is 0.136. The zero-order valence-electron chi connectivity index (χ0n) is 19.3. The molecule has 7 heteroatoms. The summed E-state index contributed by atoms with van der Waals surface area (Å²) in [4.78, 5) is 33.7. The molecule has 0 aromatic heterocycles. The Kier molecular flexibility index (Phi) is 14.8. The largest absolute Gasteiger partial charge is 0.481 e. The number of carboxylic acid groups (broad SMARTS) is 2. The van der Waals surface area contributed by atoms with E-state index in [9.17, 15) is 14.4 Å². The van der Waals surface area contributed by atoms with Gasteiger partial charge in [0.25, 0.3) is 0 Å². The number of rotatable bonds is 19. The normalized spacial score (nSPS) is 11.8. The van der Waals surface area contributed by atoms with E-state index in [4.69, 9.17) is 14.9 Å². The van der Waals surface area contributed by atoms with E-state index in [2.05, 4.69) is 24.0 Å². The van der Waals surface area contributed by atoms with E-state index < -0.39 is 30.4 Å². The van der Waals surface area contributed by atoms with E-state index >= 15 is 0 Å². The van der Waals surface area contributed by atoms with Gasteiger partial charge in [0.1, 0.15) is 0 Å². The standard InChI is InChI=1S/C26H37NO6/c1-2-3-4-5-6-7-8-9-10-11-12-13-14-19-27-22-17-15-21(16-18-22)26(32)33-23(25(30)31)20-24(28)29/h2,11-12,15-18,23,27H,1,3-10,13-14,19-20H2,(H,28,29)(H,30,31)/b12-11+. The average Bonchev–Trinajstić information content (AvgIpc) is 2.78. The monoisotopic (exact) mass is 459 g/mol. The maximum Gasteiger partial charge on any atom is 0.345 e. The van der Waals surface area contributed by atoms with Crippen molar-refractivity contribution in [2.24, 2.45) is 0 Å². The lowest BCUT2D eigenvalue weighted by Crippen LogP contribution is -2.29. The van der Waals surface area contributed by atoms with Crippen molar-refractivity contribution in [1.29, 1.82) is 0 Å². The predicted octanol–water partition coefficient (Wildman–Crippen LogP) is 5.83. The van der Waals surface area contributed by atoms with Crippen LogP contribution in [0.2, 0.25) is 0 Å². The second-order valence-electron chi connectivity index (χ2n) is 7.94. The van der Waals surface area contributed by atoms with Crippen LogP contribution in [0.15, 0.2) is 49.1 Å². The number of anilines is 1. The number of carboxylic acids is 2. The highest BCUT2D eigenvalue weighted by molar-refractivity contribution is 5.92. The summed E-state index contributed by atoms with van der Waals surface area (Å²) in [5.74, 6) is -3.71. The Hall–Kier alpha value is -3.09.